The van der Waals surface area contributed by atoms with Gasteiger partial charge in [-0.05, 0) is 105 Å². The van der Waals surface area contributed by atoms with Crippen LogP contribution in [0.1, 0.15) is 0 Å². The molecular formula is C49H29N3. The quantitative estimate of drug-likeness (QED) is 0.185. The summed E-state index contributed by atoms with van der Waals surface area (Å²) in [7, 11) is 0. The van der Waals surface area contributed by atoms with E-state index >= 15 is 0 Å². The fourth-order valence-corrected chi connectivity index (χ4v) is 9.01. The van der Waals surface area contributed by atoms with Gasteiger partial charge >= 0.3 is 0 Å². The molecule has 0 N–H and O–H groups in total. The molecule has 0 amide bonds. The van der Waals surface area contributed by atoms with Crippen molar-refractivity contribution in [3.8, 4) is 44.9 Å². The smallest absolute Gasteiger partial charge is 0.138 e. The number of pyridine rings is 1. The van der Waals surface area contributed by atoms with Crippen LogP contribution in [0.15, 0.2) is 176 Å². The van der Waals surface area contributed by atoms with Gasteiger partial charge in [0.1, 0.15) is 5.82 Å². The molecule has 0 unspecified atom stereocenters. The molecule has 0 fully saturated rings. The van der Waals surface area contributed by atoms with Gasteiger partial charge in [-0.1, -0.05) is 115 Å². The van der Waals surface area contributed by atoms with Crippen molar-refractivity contribution in [3.63, 3.8) is 0 Å². The molecule has 11 aromatic rings. The summed E-state index contributed by atoms with van der Waals surface area (Å²) in [6.45, 7) is 0. The third kappa shape index (κ3) is 3.72. The van der Waals surface area contributed by atoms with Gasteiger partial charge in [0.05, 0.1) is 27.6 Å². The van der Waals surface area contributed by atoms with Crippen LogP contribution in [0.4, 0.5) is 0 Å². The van der Waals surface area contributed by atoms with Crippen LogP contribution in [-0.4, -0.2) is 14.1 Å². The van der Waals surface area contributed by atoms with Crippen LogP contribution in [0.3, 0.4) is 0 Å². The molecule has 3 aromatic heterocycles. The van der Waals surface area contributed by atoms with E-state index in [0.717, 1.165) is 22.4 Å². The lowest BCUT2D eigenvalue weighted by atomic mass is 9.97. The summed E-state index contributed by atoms with van der Waals surface area (Å²) in [5, 5.41) is 8.73. The first-order valence-corrected chi connectivity index (χ1v) is 17.9. The zero-order chi connectivity index (χ0) is 33.9. The molecule has 12 rings (SSSR count). The minimum absolute atomic E-state index is 0.946. The summed E-state index contributed by atoms with van der Waals surface area (Å²) in [5.41, 5.74) is 14.5. The first kappa shape index (κ1) is 27.8. The van der Waals surface area contributed by atoms with Crippen molar-refractivity contribution < 1.29 is 0 Å². The number of para-hydroxylation sites is 3. The normalized spacial score (nSPS) is 12.2. The number of fused-ring (bicyclic) bond motifs is 11. The Morgan fingerprint density at radius 3 is 1.87 bits per heavy atom. The zero-order valence-electron chi connectivity index (χ0n) is 28.1. The topological polar surface area (TPSA) is 22.8 Å². The highest BCUT2D eigenvalue weighted by Gasteiger charge is 2.24. The molecule has 1 aliphatic rings. The minimum Gasteiger partial charge on any atom is -0.309 e. The monoisotopic (exact) mass is 659 g/mol. The second-order valence-corrected chi connectivity index (χ2v) is 13.9. The molecule has 0 saturated heterocycles. The zero-order valence-corrected chi connectivity index (χ0v) is 28.1. The van der Waals surface area contributed by atoms with Crippen LogP contribution >= 0.6 is 0 Å². The van der Waals surface area contributed by atoms with Crippen LogP contribution in [0, 0.1) is 0 Å². The largest absolute Gasteiger partial charge is 0.309 e. The van der Waals surface area contributed by atoms with Crippen molar-refractivity contribution in [1.29, 1.82) is 0 Å². The number of hydrogen-bond donors (Lipinski definition) is 0. The standard InChI is InChI=1S/C49H29N3/c1-2-11-33(12-3-1)51-43-19-8-6-15-37(43)40-28-31(22-25-45(40)51)30-21-24-34-32(27-30)23-26-46-49(34)39-16-7-9-20-44(39)52(46)47-29-41-36-14-5-4-13-35(36)38-17-10-18-42(50-47)48(38)41/h1-29H. The van der Waals surface area contributed by atoms with E-state index in [1.807, 2.05) is 0 Å². The van der Waals surface area contributed by atoms with E-state index in [1.54, 1.807) is 0 Å². The molecule has 0 spiro atoms. The van der Waals surface area contributed by atoms with Gasteiger partial charge in [-0.15, -0.1) is 0 Å². The highest BCUT2D eigenvalue weighted by Crippen LogP contribution is 2.48. The summed E-state index contributed by atoms with van der Waals surface area (Å²) in [5.74, 6) is 0.946. The average molecular weight is 660 g/mol. The molecule has 3 heteroatoms. The van der Waals surface area contributed by atoms with Gasteiger partial charge in [-0.2, -0.15) is 0 Å². The van der Waals surface area contributed by atoms with Gasteiger partial charge in [0.25, 0.3) is 0 Å². The second-order valence-electron chi connectivity index (χ2n) is 13.9. The Bertz CT molecular complexity index is 3290. The first-order valence-electron chi connectivity index (χ1n) is 17.9. The molecular weight excluding hydrogens is 631 g/mol. The highest BCUT2D eigenvalue weighted by atomic mass is 15.1. The lowest BCUT2D eigenvalue weighted by Crippen LogP contribution is -1.98. The summed E-state index contributed by atoms with van der Waals surface area (Å²) >= 11 is 0. The molecule has 0 atom stereocenters. The predicted octanol–water partition coefficient (Wildman–Crippen LogP) is 12.9. The molecule has 0 bridgehead atoms. The highest BCUT2D eigenvalue weighted by molar-refractivity contribution is 6.22. The van der Waals surface area contributed by atoms with E-state index in [4.69, 9.17) is 4.98 Å². The van der Waals surface area contributed by atoms with E-state index in [2.05, 4.69) is 185 Å². The van der Waals surface area contributed by atoms with Crippen LogP contribution in [0.5, 0.6) is 0 Å². The molecule has 240 valence electrons. The fourth-order valence-electron chi connectivity index (χ4n) is 9.01. The van der Waals surface area contributed by atoms with Gasteiger partial charge in [0.15, 0.2) is 0 Å². The molecule has 3 nitrogen and oxygen atoms in total. The van der Waals surface area contributed by atoms with Crippen LogP contribution in [0.2, 0.25) is 0 Å². The number of hydrogen-bond acceptors (Lipinski definition) is 1. The Morgan fingerprint density at radius 2 is 1.00 bits per heavy atom. The Labute approximate surface area is 299 Å². The summed E-state index contributed by atoms with van der Waals surface area (Å²) in [4.78, 5) is 5.33. The number of aromatic nitrogens is 3. The van der Waals surface area contributed by atoms with Gasteiger partial charge in [0, 0.05) is 32.6 Å². The summed E-state index contributed by atoms with van der Waals surface area (Å²) < 4.78 is 4.73. The molecule has 0 aliphatic heterocycles. The van der Waals surface area contributed by atoms with Gasteiger partial charge in [0.2, 0.25) is 0 Å². The van der Waals surface area contributed by atoms with Gasteiger partial charge < -0.3 is 4.57 Å². The SMILES string of the molecule is c1ccc(-n2c3ccccc3c3cc(-c4ccc5c(ccc6c5c5ccccc5n6-c5cc6c7c(cccc7n5)-c5ccccc5-6)c4)ccc32)cc1. The van der Waals surface area contributed by atoms with Crippen LogP contribution < -0.4 is 0 Å². The fraction of sp³-hybridized carbons (Fsp3) is 0. The van der Waals surface area contributed by atoms with E-state index < -0.39 is 0 Å². The second kappa shape index (κ2) is 10.3. The van der Waals surface area contributed by atoms with E-state index in [-0.39, 0.29) is 0 Å². The van der Waals surface area contributed by atoms with E-state index in [1.165, 1.54) is 87.8 Å². The maximum absolute atomic E-state index is 5.33. The molecule has 0 radical (unpaired) electrons. The van der Waals surface area contributed by atoms with Crippen molar-refractivity contribution in [2.75, 3.05) is 0 Å². The average Bonchev–Trinajstić information content (AvgIpc) is 3.84. The molecule has 3 heterocycles. The van der Waals surface area contributed by atoms with Crippen molar-refractivity contribution in [2.45, 2.75) is 0 Å². The Kier molecular flexibility index (Phi) is 5.50. The van der Waals surface area contributed by atoms with E-state index in [0.29, 0.717) is 0 Å². The number of nitrogens with zero attached hydrogens (tertiary/aromatic N) is 3. The lowest BCUT2D eigenvalue weighted by molar-refractivity contribution is 1.10. The molecule has 52 heavy (non-hydrogen) atoms. The third-order valence-corrected chi connectivity index (χ3v) is 11.2. The Hall–Kier alpha value is -6.97. The van der Waals surface area contributed by atoms with E-state index in [9.17, 15) is 0 Å². The number of benzene rings is 8. The van der Waals surface area contributed by atoms with Gasteiger partial charge in [-0.3, -0.25) is 4.57 Å². The third-order valence-electron chi connectivity index (χ3n) is 11.2. The minimum atomic E-state index is 0.946. The maximum Gasteiger partial charge on any atom is 0.138 e. The Morgan fingerprint density at radius 1 is 0.346 bits per heavy atom. The van der Waals surface area contributed by atoms with Crippen molar-refractivity contribution >= 4 is 65.3 Å². The van der Waals surface area contributed by atoms with Crippen molar-refractivity contribution in [2.24, 2.45) is 0 Å². The van der Waals surface area contributed by atoms with Crippen LogP contribution in [0.25, 0.3) is 110 Å². The summed E-state index contributed by atoms with van der Waals surface area (Å²) in [6.07, 6.45) is 0. The van der Waals surface area contributed by atoms with Gasteiger partial charge in [-0.25, -0.2) is 4.98 Å². The lowest BCUT2D eigenvalue weighted by Gasteiger charge is -2.11. The first-order chi connectivity index (χ1) is 25.8. The van der Waals surface area contributed by atoms with Crippen molar-refractivity contribution in [3.05, 3.63) is 176 Å². The molecule has 0 saturated carbocycles. The molecule has 1 aliphatic carbocycles. The van der Waals surface area contributed by atoms with Crippen LogP contribution in [-0.2, 0) is 0 Å². The number of rotatable bonds is 3. The summed E-state index contributed by atoms with van der Waals surface area (Å²) in [6, 6.07) is 64.1. The maximum atomic E-state index is 5.33. The van der Waals surface area contributed by atoms with Crippen molar-refractivity contribution in [1.82, 2.24) is 14.1 Å². The Balaban J connectivity index is 1.05. The molecule has 8 aromatic carbocycles. The predicted molar refractivity (Wildman–Crippen MR) is 218 cm³/mol.